The third kappa shape index (κ3) is 2.98. The predicted molar refractivity (Wildman–Crippen MR) is 97.5 cm³/mol. The zero-order valence-electron chi connectivity index (χ0n) is 15.2. The molecule has 1 amide bonds. The summed E-state index contributed by atoms with van der Waals surface area (Å²) in [5.74, 6) is 0.227. The van der Waals surface area contributed by atoms with Gasteiger partial charge in [0.15, 0.2) is 0 Å². The van der Waals surface area contributed by atoms with E-state index in [0.29, 0.717) is 19.5 Å². The van der Waals surface area contributed by atoms with E-state index in [9.17, 15) is 9.90 Å². The second kappa shape index (κ2) is 6.71. The summed E-state index contributed by atoms with van der Waals surface area (Å²) in [6, 6.07) is 8.50. The first-order valence-corrected chi connectivity index (χ1v) is 9.64. The van der Waals surface area contributed by atoms with Gasteiger partial charge in [0, 0.05) is 52.1 Å². The molecular weight excluding hydrogens is 314 g/mol. The number of carbonyl (C=O) groups is 1. The van der Waals surface area contributed by atoms with Crippen molar-refractivity contribution in [3.8, 4) is 0 Å². The number of benzene rings is 1. The molecule has 5 nitrogen and oxygen atoms in total. The molecule has 1 aromatic carbocycles. The summed E-state index contributed by atoms with van der Waals surface area (Å²) >= 11 is 0. The van der Waals surface area contributed by atoms with Crippen molar-refractivity contribution in [1.29, 1.82) is 0 Å². The average Bonchev–Trinajstić information content (AvgIpc) is 3.25. The number of carbonyl (C=O) groups excluding carboxylic acids is 1. The van der Waals surface area contributed by atoms with E-state index in [4.69, 9.17) is 0 Å². The van der Waals surface area contributed by atoms with Crippen LogP contribution in [-0.2, 0) is 17.6 Å². The number of rotatable bonds is 3. The first-order chi connectivity index (χ1) is 12.1. The van der Waals surface area contributed by atoms with Crippen LogP contribution in [0.4, 0.5) is 0 Å². The van der Waals surface area contributed by atoms with Crippen molar-refractivity contribution in [3.63, 3.8) is 0 Å². The number of hydrogen-bond donors (Lipinski definition) is 1. The first-order valence-electron chi connectivity index (χ1n) is 9.64. The number of β-amino-alcohol motifs (C(OH)–C–C–N with tert-alkyl or cyclic N) is 1. The van der Waals surface area contributed by atoms with Crippen molar-refractivity contribution in [1.82, 2.24) is 14.7 Å². The normalized spacial score (nSPS) is 26.8. The number of likely N-dealkylation sites (tertiary alicyclic amines) is 1. The van der Waals surface area contributed by atoms with Crippen LogP contribution in [0.15, 0.2) is 24.3 Å². The second-order valence-corrected chi connectivity index (χ2v) is 7.77. The summed E-state index contributed by atoms with van der Waals surface area (Å²) in [6.07, 6.45) is 1.96. The Morgan fingerprint density at radius 2 is 1.76 bits per heavy atom. The molecule has 0 saturated carbocycles. The zero-order chi connectivity index (χ0) is 17.4. The maximum absolute atomic E-state index is 13.6. The van der Waals surface area contributed by atoms with E-state index in [0.717, 1.165) is 45.6 Å². The highest BCUT2D eigenvalue weighted by Crippen LogP contribution is 2.37. The molecule has 1 aliphatic carbocycles. The lowest BCUT2D eigenvalue weighted by Crippen LogP contribution is -2.64. The molecule has 2 heterocycles. The van der Waals surface area contributed by atoms with Crippen molar-refractivity contribution >= 4 is 5.91 Å². The van der Waals surface area contributed by atoms with Crippen LogP contribution in [0.5, 0.6) is 0 Å². The number of piperazine rings is 1. The lowest BCUT2D eigenvalue weighted by Gasteiger charge is -2.46. The summed E-state index contributed by atoms with van der Waals surface area (Å²) in [5, 5.41) is 9.91. The lowest BCUT2D eigenvalue weighted by molar-refractivity contribution is -0.145. The minimum atomic E-state index is -0.451. The largest absolute Gasteiger partial charge is 0.391 e. The second-order valence-electron chi connectivity index (χ2n) is 7.77. The Balaban J connectivity index is 1.62. The molecule has 2 aliphatic heterocycles. The summed E-state index contributed by atoms with van der Waals surface area (Å²) in [4.78, 5) is 20.4. The molecule has 0 bridgehead atoms. The van der Waals surface area contributed by atoms with E-state index >= 15 is 0 Å². The monoisotopic (exact) mass is 343 g/mol. The van der Waals surface area contributed by atoms with E-state index in [-0.39, 0.29) is 12.0 Å². The van der Waals surface area contributed by atoms with Gasteiger partial charge in [0.25, 0.3) is 0 Å². The van der Waals surface area contributed by atoms with Gasteiger partial charge in [0.05, 0.1) is 6.10 Å². The molecule has 1 atom stereocenters. The molecule has 136 valence electrons. The van der Waals surface area contributed by atoms with Gasteiger partial charge >= 0.3 is 0 Å². The third-order valence-corrected chi connectivity index (χ3v) is 6.36. The Labute approximate surface area is 150 Å². The zero-order valence-corrected chi connectivity index (χ0v) is 15.2. The number of aliphatic hydroxyl groups is 1. The molecule has 2 fully saturated rings. The molecule has 5 heteroatoms. The predicted octanol–water partition coefficient (Wildman–Crippen LogP) is 0.755. The molecule has 0 aromatic heterocycles. The summed E-state index contributed by atoms with van der Waals surface area (Å²) in [7, 11) is 0. The first kappa shape index (κ1) is 17.0. The van der Waals surface area contributed by atoms with E-state index in [1.807, 2.05) is 4.90 Å². The van der Waals surface area contributed by atoms with Gasteiger partial charge in [0.1, 0.15) is 5.54 Å². The van der Waals surface area contributed by atoms with Gasteiger partial charge in [-0.3, -0.25) is 9.69 Å². The third-order valence-electron chi connectivity index (χ3n) is 6.36. The van der Waals surface area contributed by atoms with Gasteiger partial charge in [-0.1, -0.05) is 31.2 Å². The lowest BCUT2D eigenvalue weighted by atomic mass is 9.90. The van der Waals surface area contributed by atoms with Gasteiger partial charge in [-0.25, -0.2) is 0 Å². The van der Waals surface area contributed by atoms with Gasteiger partial charge in [-0.15, -0.1) is 0 Å². The minimum absolute atomic E-state index is 0.227. The molecular formula is C20H29N3O2. The van der Waals surface area contributed by atoms with Crippen LogP contribution in [-0.4, -0.2) is 83.2 Å². The van der Waals surface area contributed by atoms with E-state index in [2.05, 4.69) is 41.0 Å². The van der Waals surface area contributed by atoms with Crippen molar-refractivity contribution < 1.29 is 9.90 Å². The van der Waals surface area contributed by atoms with Gasteiger partial charge in [0.2, 0.25) is 5.91 Å². The molecule has 0 radical (unpaired) electrons. The van der Waals surface area contributed by atoms with Crippen LogP contribution in [0.3, 0.4) is 0 Å². The van der Waals surface area contributed by atoms with E-state index in [1.54, 1.807) is 0 Å². The topological polar surface area (TPSA) is 47.0 Å². The number of fused-ring (bicyclic) bond motifs is 1. The van der Waals surface area contributed by atoms with Crippen LogP contribution in [0.1, 0.15) is 24.5 Å². The Hall–Kier alpha value is -1.43. The Morgan fingerprint density at radius 3 is 2.28 bits per heavy atom. The molecule has 1 N–H and O–H groups in total. The van der Waals surface area contributed by atoms with Crippen molar-refractivity contribution in [2.45, 2.75) is 37.8 Å². The number of likely N-dealkylation sites (N-methyl/N-ethyl adjacent to an activating group) is 1. The molecule has 0 unspecified atom stereocenters. The molecule has 1 aromatic rings. The summed E-state index contributed by atoms with van der Waals surface area (Å²) in [6.45, 7) is 8.42. The highest BCUT2D eigenvalue weighted by atomic mass is 16.3. The van der Waals surface area contributed by atoms with Crippen LogP contribution >= 0.6 is 0 Å². The average molecular weight is 343 g/mol. The SMILES string of the molecule is CCN1CCN(C2(C(=O)N3CC[C@H](O)C3)Cc3ccccc3C2)CC1. The number of hydrogen-bond acceptors (Lipinski definition) is 4. The quantitative estimate of drug-likeness (QED) is 0.880. The summed E-state index contributed by atoms with van der Waals surface area (Å²) in [5.41, 5.74) is 2.18. The highest BCUT2D eigenvalue weighted by Gasteiger charge is 2.51. The van der Waals surface area contributed by atoms with Crippen molar-refractivity contribution in [2.75, 3.05) is 45.8 Å². The van der Waals surface area contributed by atoms with Crippen molar-refractivity contribution in [3.05, 3.63) is 35.4 Å². The van der Waals surface area contributed by atoms with Gasteiger partial charge in [-0.05, 0) is 24.1 Å². The highest BCUT2D eigenvalue weighted by molar-refractivity contribution is 5.88. The Kier molecular flexibility index (Phi) is 4.56. The minimum Gasteiger partial charge on any atom is -0.391 e. The van der Waals surface area contributed by atoms with E-state index < -0.39 is 5.54 Å². The fraction of sp³-hybridized carbons (Fsp3) is 0.650. The maximum Gasteiger partial charge on any atom is 0.243 e. The van der Waals surface area contributed by atoms with Gasteiger partial charge < -0.3 is 14.9 Å². The number of amides is 1. The van der Waals surface area contributed by atoms with Crippen LogP contribution in [0.25, 0.3) is 0 Å². The number of aliphatic hydroxyl groups excluding tert-OH is 1. The molecule has 25 heavy (non-hydrogen) atoms. The van der Waals surface area contributed by atoms with Crippen LogP contribution < -0.4 is 0 Å². The Bertz CT molecular complexity index is 615. The Morgan fingerprint density at radius 1 is 1.12 bits per heavy atom. The molecule has 0 spiro atoms. The van der Waals surface area contributed by atoms with E-state index in [1.165, 1.54) is 11.1 Å². The van der Waals surface area contributed by atoms with Gasteiger partial charge in [-0.2, -0.15) is 0 Å². The van der Waals surface area contributed by atoms with Crippen LogP contribution in [0, 0.1) is 0 Å². The molecule has 2 saturated heterocycles. The van der Waals surface area contributed by atoms with Crippen LogP contribution in [0.2, 0.25) is 0 Å². The fourth-order valence-electron chi connectivity index (χ4n) is 4.82. The molecule has 4 rings (SSSR count). The van der Waals surface area contributed by atoms with Crippen molar-refractivity contribution in [2.24, 2.45) is 0 Å². The fourth-order valence-corrected chi connectivity index (χ4v) is 4.82. The number of nitrogens with zero attached hydrogens (tertiary/aromatic N) is 3. The standard InChI is InChI=1S/C20H29N3O2/c1-2-21-9-11-23(12-10-21)20(19(25)22-8-7-18(24)15-22)13-16-5-3-4-6-17(16)14-20/h3-6,18,24H,2,7-15H2,1H3/t18-/m0/s1. The smallest absolute Gasteiger partial charge is 0.243 e. The summed E-state index contributed by atoms with van der Waals surface area (Å²) < 4.78 is 0. The maximum atomic E-state index is 13.6. The molecule has 3 aliphatic rings.